The van der Waals surface area contributed by atoms with Crippen LogP contribution in [0.15, 0.2) is 18.2 Å². The average Bonchev–Trinajstić information content (AvgIpc) is 2.38. The summed E-state index contributed by atoms with van der Waals surface area (Å²) < 4.78 is 0. The molecule has 0 aromatic heterocycles. The van der Waals surface area contributed by atoms with Crippen LogP contribution < -0.4 is 16.4 Å². The molecule has 1 rings (SSSR count). The van der Waals surface area contributed by atoms with Crippen LogP contribution in [-0.4, -0.2) is 30.0 Å². The monoisotopic (exact) mass is 295 g/mol. The molecule has 0 spiro atoms. The molecule has 0 saturated heterocycles. The van der Waals surface area contributed by atoms with Crippen LogP contribution in [0.25, 0.3) is 0 Å². The lowest BCUT2D eigenvalue weighted by Gasteiger charge is -2.17. The van der Waals surface area contributed by atoms with Crippen LogP contribution in [0.3, 0.4) is 0 Å². The zero-order valence-corrected chi connectivity index (χ0v) is 12.8. The van der Waals surface area contributed by atoms with Crippen LogP contribution in [0, 0.1) is 13.8 Å². The zero-order chi connectivity index (χ0) is 15.1. The maximum absolute atomic E-state index is 12.2. The lowest BCUT2D eigenvalue weighted by atomic mass is 10.1. The average molecular weight is 295 g/mol. The quantitative estimate of drug-likeness (QED) is 0.751. The molecule has 3 amide bonds. The molecule has 1 aromatic carbocycles. The van der Waals surface area contributed by atoms with Gasteiger partial charge in [0.25, 0.3) is 0 Å². The van der Waals surface area contributed by atoms with Gasteiger partial charge in [-0.1, -0.05) is 6.07 Å². The molecular weight excluding hydrogens is 274 g/mol. The zero-order valence-electron chi connectivity index (χ0n) is 12.0. The number of amides is 3. The third-order valence-corrected chi connectivity index (χ3v) is 3.66. The van der Waals surface area contributed by atoms with E-state index in [9.17, 15) is 9.59 Å². The number of hydrogen-bond acceptors (Lipinski definition) is 3. The van der Waals surface area contributed by atoms with Crippen molar-refractivity contribution in [2.75, 3.05) is 17.3 Å². The molecule has 0 heterocycles. The molecular formula is C14H21N3O2S. The number of benzene rings is 1. The Bertz CT molecular complexity index is 491. The number of hydrogen-bond donors (Lipinski definition) is 3. The lowest BCUT2D eigenvalue weighted by Crippen LogP contribution is -2.46. The van der Waals surface area contributed by atoms with Crippen LogP contribution in [-0.2, 0) is 4.79 Å². The van der Waals surface area contributed by atoms with Gasteiger partial charge in [0.2, 0.25) is 5.91 Å². The van der Waals surface area contributed by atoms with Gasteiger partial charge >= 0.3 is 6.03 Å². The Morgan fingerprint density at radius 3 is 2.55 bits per heavy atom. The van der Waals surface area contributed by atoms with Crippen molar-refractivity contribution in [3.8, 4) is 0 Å². The van der Waals surface area contributed by atoms with E-state index < -0.39 is 12.1 Å². The summed E-state index contributed by atoms with van der Waals surface area (Å²) in [5.74, 6) is 0.520. The molecule has 0 aliphatic rings. The Morgan fingerprint density at radius 2 is 2.00 bits per heavy atom. The van der Waals surface area contributed by atoms with Crippen molar-refractivity contribution in [1.82, 2.24) is 5.32 Å². The van der Waals surface area contributed by atoms with Gasteiger partial charge in [0, 0.05) is 5.69 Å². The summed E-state index contributed by atoms with van der Waals surface area (Å²) in [6.07, 6.45) is 2.49. The fourth-order valence-corrected chi connectivity index (χ4v) is 2.20. The molecule has 0 saturated carbocycles. The van der Waals surface area contributed by atoms with Gasteiger partial charge in [0.15, 0.2) is 0 Å². The van der Waals surface area contributed by atoms with Gasteiger partial charge in [-0.15, -0.1) is 0 Å². The highest BCUT2D eigenvalue weighted by atomic mass is 32.2. The molecule has 20 heavy (non-hydrogen) atoms. The van der Waals surface area contributed by atoms with E-state index in [1.54, 1.807) is 11.8 Å². The van der Waals surface area contributed by atoms with E-state index >= 15 is 0 Å². The van der Waals surface area contributed by atoms with Crippen LogP contribution in [0.1, 0.15) is 17.5 Å². The maximum Gasteiger partial charge on any atom is 0.312 e. The second-order valence-electron chi connectivity index (χ2n) is 4.63. The Kier molecular flexibility index (Phi) is 6.38. The van der Waals surface area contributed by atoms with Crippen molar-refractivity contribution in [2.24, 2.45) is 5.73 Å². The van der Waals surface area contributed by atoms with Crippen molar-refractivity contribution in [1.29, 1.82) is 0 Å². The summed E-state index contributed by atoms with van der Waals surface area (Å²) in [5, 5.41) is 5.28. The number of thioether (sulfide) groups is 1. The fraction of sp³-hybridized carbons (Fsp3) is 0.429. The van der Waals surface area contributed by atoms with E-state index in [0.29, 0.717) is 6.42 Å². The first-order chi connectivity index (χ1) is 9.43. The SMILES string of the molecule is CSCC[C@@H](NC(N)=O)C(=O)Nc1ccc(C)c(C)c1. The number of anilines is 1. The number of carbonyl (C=O) groups excluding carboxylic acids is 2. The molecule has 0 fully saturated rings. The molecule has 6 heteroatoms. The van der Waals surface area contributed by atoms with E-state index in [1.807, 2.05) is 38.3 Å². The summed E-state index contributed by atoms with van der Waals surface area (Å²) in [7, 11) is 0. The van der Waals surface area contributed by atoms with E-state index in [1.165, 1.54) is 0 Å². The minimum atomic E-state index is -0.689. The van der Waals surface area contributed by atoms with Gasteiger partial charge in [0.1, 0.15) is 6.04 Å². The maximum atomic E-state index is 12.2. The summed E-state index contributed by atoms with van der Waals surface area (Å²) >= 11 is 1.61. The van der Waals surface area contributed by atoms with Crippen LogP contribution in [0.5, 0.6) is 0 Å². The van der Waals surface area contributed by atoms with Crippen molar-refractivity contribution >= 4 is 29.4 Å². The Balaban J connectivity index is 2.73. The number of nitrogens with one attached hydrogen (secondary N) is 2. The number of carbonyl (C=O) groups is 2. The minimum Gasteiger partial charge on any atom is -0.352 e. The standard InChI is InChI=1S/C14H21N3O2S/c1-9-4-5-11(8-10(9)2)16-13(18)12(6-7-20-3)17-14(15)19/h4-5,8,12H,6-7H2,1-3H3,(H,16,18)(H3,15,17,19)/t12-/m1/s1. The Morgan fingerprint density at radius 1 is 1.30 bits per heavy atom. The normalized spacial score (nSPS) is 11.8. The van der Waals surface area contributed by atoms with E-state index in [2.05, 4.69) is 10.6 Å². The summed E-state index contributed by atoms with van der Waals surface area (Å²) in [6, 6.07) is 4.40. The van der Waals surface area contributed by atoms with Crippen molar-refractivity contribution in [3.05, 3.63) is 29.3 Å². The topological polar surface area (TPSA) is 84.2 Å². The molecule has 110 valence electrons. The first-order valence-electron chi connectivity index (χ1n) is 6.37. The first-order valence-corrected chi connectivity index (χ1v) is 7.76. The third-order valence-electron chi connectivity index (χ3n) is 3.02. The summed E-state index contributed by atoms with van der Waals surface area (Å²) in [5.41, 5.74) is 8.09. The van der Waals surface area contributed by atoms with Gasteiger partial charge in [0.05, 0.1) is 0 Å². The molecule has 0 aliphatic heterocycles. The largest absolute Gasteiger partial charge is 0.352 e. The van der Waals surface area contributed by atoms with Crippen LogP contribution in [0.4, 0.5) is 10.5 Å². The van der Waals surface area contributed by atoms with Gasteiger partial charge in [-0.2, -0.15) is 11.8 Å². The molecule has 1 atom stereocenters. The minimum absolute atomic E-state index is 0.249. The Labute approximate surface area is 123 Å². The highest BCUT2D eigenvalue weighted by molar-refractivity contribution is 7.98. The molecule has 5 nitrogen and oxygen atoms in total. The third kappa shape index (κ3) is 5.13. The van der Waals surface area contributed by atoms with Crippen molar-refractivity contribution in [2.45, 2.75) is 26.3 Å². The van der Waals surface area contributed by atoms with Gasteiger partial charge < -0.3 is 16.4 Å². The second-order valence-corrected chi connectivity index (χ2v) is 5.62. The predicted molar refractivity (Wildman–Crippen MR) is 84.1 cm³/mol. The number of urea groups is 1. The van der Waals surface area contributed by atoms with Crippen molar-refractivity contribution < 1.29 is 9.59 Å². The van der Waals surface area contributed by atoms with Crippen LogP contribution >= 0.6 is 11.8 Å². The van der Waals surface area contributed by atoms with Gasteiger partial charge in [-0.05, 0) is 55.5 Å². The number of nitrogens with two attached hydrogens (primary N) is 1. The number of rotatable bonds is 6. The molecule has 1 aromatic rings. The summed E-state index contributed by atoms with van der Waals surface area (Å²) in [4.78, 5) is 23.1. The molecule has 0 aliphatic carbocycles. The summed E-state index contributed by atoms with van der Waals surface area (Å²) in [6.45, 7) is 3.99. The smallest absolute Gasteiger partial charge is 0.312 e. The van der Waals surface area contributed by atoms with Gasteiger partial charge in [-0.3, -0.25) is 4.79 Å². The fourth-order valence-electron chi connectivity index (χ4n) is 1.72. The highest BCUT2D eigenvalue weighted by Crippen LogP contribution is 2.15. The number of primary amides is 1. The first kappa shape index (κ1) is 16.4. The Hall–Kier alpha value is -1.69. The lowest BCUT2D eigenvalue weighted by molar-refractivity contribution is -0.117. The van der Waals surface area contributed by atoms with Crippen LogP contribution in [0.2, 0.25) is 0 Å². The predicted octanol–water partition coefficient (Wildman–Crippen LogP) is 2.03. The highest BCUT2D eigenvalue weighted by Gasteiger charge is 2.19. The second kappa shape index (κ2) is 7.79. The van der Waals surface area contributed by atoms with E-state index in [0.717, 1.165) is 22.6 Å². The molecule has 0 radical (unpaired) electrons. The van der Waals surface area contributed by atoms with Crippen molar-refractivity contribution in [3.63, 3.8) is 0 Å². The van der Waals surface area contributed by atoms with Gasteiger partial charge in [-0.25, -0.2) is 4.79 Å². The van der Waals surface area contributed by atoms with E-state index in [4.69, 9.17) is 5.73 Å². The molecule has 0 bridgehead atoms. The molecule has 0 unspecified atom stereocenters. The number of aryl methyl sites for hydroxylation is 2. The van der Waals surface area contributed by atoms with E-state index in [-0.39, 0.29) is 5.91 Å². The molecule has 4 N–H and O–H groups in total.